The molecule has 0 atom stereocenters. The van der Waals surface area contributed by atoms with Crippen LogP contribution in [0, 0.1) is 0 Å². The molecule has 0 fully saturated rings. The topological polar surface area (TPSA) is 76.0 Å². The first-order valence-electron chi connectivity index (χ1n) is 12.5. The van der Waals surface area contributed by atoms with Gasteiger partial charge in [-0.05, 0) is 30.9 Å². The number of ether oxygens (including phenoxy) is 2. The molecule has 0 saturated carbocycles. The minimum atomic E-state index is -1.44. The zero-order valence-corrected chi connectivity index (χ0v) is 19.8. The van der Waals surface area contributed by atoms with Gasteiger partial charge in [-0.25, -0.2) is 4.79 Å². The second-order valence-corrected chi connectivity index (χ2v) is 8.46. The highest BCUT2D eigenvalue weighted by Crippen LogP contribution is 2.40. The highest BCUT2D eigenvalue weighted by molar-refractivity contribution is 5.65. The fourth-order valence-electron chi connectivity index (χ4n) is 3.81. The third kappa shape index (κ3) is 12.5. The van der Waals surface area contributed by atoms with E-state index in [9.17, 15) is 9.90 Å². The maximum Gasteiger partial charge on any atom is 0.511 e. The number of carbonyl (C=O) groups is 1. The van der Waals surface area contributed by atoms with Gasteiger partial charge in [-0.15, -0.1) is 0 Å². The van der Waals surface area contributed by atoms with Crippen LogP contribution in [0.3, 0.4) is 0 Å². The summed E-state index contributed by atoms with van der Waals surface area (Å²) in [4.78, 5) is 10.9. The predicted octanol–water partition coefficient (Wildman–Crippen LogP) is 8.26. The van der Waals surface area contributed by atoms with Crippen LogP contribution in [0.1, 0.15) is 116 Å². The molecule has 0 unspecified atom stereocenters. The third-order valence-corrected chi connectivity index (χ3v) is 5.67. The van der Waals surface area contributed by atoms with Crippen molar-refractivity contribution in [3.63, 3.8) is 0 Å². The van der Waals surface area contributed by atoms with E-state index < -0.39 is 6.16 Å². The number of phenolic OH excluding ortho intramolecular Hbond substituents is 1. The molecule has 0 aliphatic heterocycles. The summed E-state index contributed by atoms with van der Waals surface area (Å²) < 4.78 is 10.6. The number of aryl methyl sites for hydroxylation is 1. The summed E-state index contributed by atoms with van der Waals surface area (Å²) in [7, 11) is 0. The molecule has 0 heterocycles. The van der Waals surface area contributed by atoms with Crippen LogP contribution in [-0.2, 0) is 6.42 Å². The highest BCUT2D eigenvalue weighted by atomic mass is 16.7. The van der Waals surface area contributed by atoms with Crippen molar-refractivity contribution in [1.82, 2.24) is 0 Å². The van der Waals surface area contributed by atoms with Crippen LogP contribution in [0.5, 0.6) is 17.2 Å². The van der Waals surface area contributed by atoms with Crippen molar-refractivity contribution in [3.8, 4) is 17.2 Å². The molecular formula is C26H44O5. The van der Waals surface area contributed by atoms with Crippen LogP contribution in [0.2, 0.25) is 0 Å². The lowest BCUT2D eigenvalue weighted by Gasteiger charge is -2.15. The zero-order valence-electron chi connectivity index (χ0n) is 19.8. The molecule has 0 saturated heterocycles. The van der Waals surface area contributed by atoms with E-state index in [1.165, 1.54) is 76.7 Å². The highest BCUT2D eigenvalue weighted by Gasteiger charge is 2.17. The van der Waals surface area contributed by atoms with Crippen LogP contribution < -0.4 is 9.47 Å². The smallest absolute Gasteiger partial charge is 0.502 e. The van der Waals surface area contributed by atoms with Crippen LogP contribution in [-0.4, -0.2) is 23.0 Å². The second kappa shape index (κ2) is 17.7. The van der Waals surface area contributed by atoms with Gasteiger partial charge in [0.15, 0.2) is 11.5 Å². The first kappa shape index (κ1) is 27.1. The van der Waals surface area contributed by atoms with Crippen molar-refractivity contribution in [3.05, 3.63) is 17.7 Å². The van der Waals surface area contributed by atoms with Gasteiger partial charge in [0, 0.05) is 0 Å². The molecule has 0 bridgehead atoms. The van der Waals surface area contributed by atoms with Crippen LogP contribution in [0.4, 0.5) is 4.79 Å². The summed E-state index contributed by atoms with van der Waals surface area (Å²) in [6.07, 6.45) is 17.8. The molecule has 1 rings (SSSR count). The number of hydrogen-bond acceptors (Lipinski definition) is 4. The van der Waals surface area contributed by atoms with E-state index >= 15 is 0 Å². The second-order valence-electron chi connectivity index (χ2n) is 8.46. The Balaban J connectivity index is 2.38. The SMILES string of the molecule is CCCCCCCCCCCCCOc1c(CCCCCC)ccc(OC(=O)O)c1O. The maximum atomic E-state index is 10.9. The molecule has 0 amide bonds. The van der Waals surface area contributed by atoms with Crippen molar-refractivity contribution in [1.29, 1.82) is 0 Å². The van der Waals surface area contributed by atoms with Crippen molar-refractivity contribution in [2.45, 2.75) is 117 Å². The first-order chi connectivity index (χ1) is 15.1. The van der Waals surface area contributed by atoms with Gasteiger partial charge in [0.25, 0.3) is 0 Å². The monoisotopic (exact) mass is 436 g/mol. The van der Waals surface area contributed by atoms with E-state index in [0.29, 0.717) is 12.4 Å². The zero-order chi connectivity index (χ0) is 22.7. The van der Waals surface area contributed by atoms with Crippen molar-refractivity contribution in [2.24, 2.45) is 0 Å². The van der Waals surface area contributed by atoms with Gasteiger partial charge >= 0.3 is 6.16 Å². The standard InChI is InChI=1S/C26H44O5/c1-3-5-7-9-10-11-12-13-14-15-17-21-30-25-22(18-16-8-6-4-2)19-20-23(24(25)27)31-26(28)29/h19-20,27H,3-18,21H2,1-2H3,(H,28,29). The minimum absolute atomic E-state index is 0.0706. The molecule has 0 aromatic heterocycles. The summed E-state index contributed by atoms with van der Waals surface area (Å²) in [6, 6.07) is 3.31. The maximum absolute atomic E-state index is 10.9. The quantitative estimate of drug-likeness (QED) is 0.130. The van der Waals surface area contributed by atoms with Crippen LogP contribution in [0.15, 0.2) is 12.1 Å². The predicted molar refractivity (Wildman–Crippen MR) is 127 cm³/mol. The minimum Gasteiger partial charge on any atom is -0.502 e. The molecule has 1 aromatic carbocycles. The van der Waals surface area contributed by atoms with E-state index in [1.54, 1.807) is 6.07 Å². The molecule has 0 spiro atoms. The Kier molecular flexibility index (Phi) is 15.5. The molecule has 178 valence electrons. The molecule has 5 heteroatoms. The molecule has 5 nitrogen and oxygen atoms in total. The molecule has 2 N–H and O–H groups in total. The normalized spacial score (nSPS) is 10.9. The van der Waals surface area contributed by atoms with Gasteiger partial charge in [-0.1, -0.05) is 103 Å². The number of carboxylic acid groups (broad SMARTS) is 1. The average Bonchev–Trinajstić information content (AvgIpc) is 2.75. The number of unbranched alkanes of at least 4 members (excludes halogenated alkanes) is 13. The van der Waals surface area contributed by atoms with Gasteiger partial charge in [0.1, 0.15) is 0 Å². The number of benzene rings is 1. The van der Waals surface area contributed by atoms with Crippen LogP contribution >= 0.6 is 0 Å². The van der Waals surface area contributed by atoms with E-state index in [1.807, 2.05) is 0 Å². The molecule has 0 aliphatic rings. The summed E-state index contributed by atoms with van der Waals surface area (Å²) in [5.74, 6) is 0.0968. The summed E-state index contributed by atoms with van der Waals surface area (Å²) in [6.45, 7) is 4.94. The van der Waals surface area contributed by atoms with Crippen molar-refractivity contribution >= 4 is 6.16 Å². The Morgan fingerprint density at radius 1 is 0.774 bits per heavy atom. The first-order valence-corrected chi connectivity index (χ1v) is 12.5. The molecule has 1 aromatic rings. The Hall–Kier alpha value is -1.91. The lowest BCUT2D eigenvalue weighted by molar-refractivity contribution is 0.142. The van der Waals surface area contributed by atoms with E-state index in [0.717, 1.165) is 37.7 Å². The van der Waals surface area contributed by atoms with Gasteiger partial charge < -0.3 is 19.7 Å². The lowest BCUT2D eigenvalue weighted by Crippen LogP contribution is -2.06. The van der Waals surface area contributed by atoms with E-state index in [-0.39, 0.29) is 11.5 Å². The van der Waals surface area contributed by atoms with E-state index in [2.05, 4.69) is 18.6 Å². The summed E-state index contributed by atoms with van der Waals surface area (Å²) in [5.41, 5.74) is 0.911. The largest absolute Gasteiger partial charge is 0.511 e. The van der Waals surface area contributed by atoms with Crippen molar-refractivity contribution in [2.75, 3.05) is 6.61 Å². The number of hydrogen-bond donors (Lipinski definition) is 2. The van der Waals surface area contributed by atoms with E-state index in [4.69, 9.17) is 9.84 Å². The number of phenols is 1. The van der Waals surface area contributed by atoms with Gasteiger partial charge in [-0.3, -0.25) is 0 Å². The number of aromatic hydroxyl groups is 1. The Morgan fingerprint density at radius 2 is 1.29 bits per heavy atom. The van der Waals surface area contributed by atoms with Crippen molar-refractivity contribution < 1.29 is 24.5 Å². The lowest BCUT2D eigenvalue weighted by atomic mass is 10.0. The number of rotatable bonds is 19. The third-order valence-electron chi connectivity index (χ3n) is 5.67. The molecule has 0 radical (unpaired) electrons. The Morgan fingerprint density at radius 3 is 1.84 bits per heavy atom. The molecule has 0 aliphatic carbocycles. The Bertz CT molecular complexity index is 600. The summed E-state index contributed by atoms with van der Waals surface area (Å²) in [5, 5.41) is 19.4. The fourth-order valence-corrected chi connectivity index (χ4v) is 3.81. The van der Waals surface area contributed by atoms with Gasteiger partial charge in [0.2, 0.25) is 5.75 Å². The fraction of sp³-hybridized carbons (Fsp3) is 0.731. The Labute approximate surface area is 189 Å². The average molecular weight is 437 g/mol. The summed E-state index contributed by atoms with van der Waals surface area (Å²) >= 11 is 0. The molecular weight excluding hydrogens is 392 g/mol. The van der Waals surface area contributed by atoms with Crippen LogP contribution in [0.25, 0.3) is 0 Å². The van der Waals surface area contributed by atoms with Gasteiger partial charge in [0.05, 0.1) is 6.61 Å². The van der Waals surface area contributed by atoms with Gasteiger partial charge in [-0.2, -0.15) is 0 Å². The molecule has 31 heavy (non-hydrogen) atoms.